The number of ether oxygens (including phenoxy) is 1. The van der Waals surface area contributed by atoms with Gasteiger partial charge in [-0.2, -0.15) is 0 Å². The number of likely N-dealkylation sites (tertiary alicyclic amines) is 1. The zero-order valence-corrected chi connectivity index (χ0v) is 16.5. The molecule has 2 heterocycles. The van der Waals surface area contributed by atoms with Crippen LogP contribution in [0.15, 0.2) is 48.5 Å². The van der Waals surface area contributed by atoms with Crippen LogP contribution in [0.2, 0.25) is 0 Å². The van der Waals surface area contributed by atoms with Crippen molar-refractivity contribution in [3.63, 3.8) is 0 Å². The highest BCUT2D eigenvalue weighted by Gasteiger charge is 2.30. The van der Waals surface area contributed by atoms with E-state index in [1.807, 2.05) is 41.3 Å². The van der Waals surface area contributed by atoms with Crippen LogP contribution in [0, 0.1) is 0 Å². The molecule has 0 bridgehead atoms. The summed E-state index contributed by atoms with van der Waals surface area (Å²) in [6.07, 6.45) is 1.45. The third kappa shape index (κ3) is 4.01. The highest BCUT2D eigenvalue weighted by molar-refractivity contribution is 6.00. The minimum atomic E-state index is -0.865. The summed E-state index contributed by atoms with van der Waals surface area (Å²) in [5.41, 5.74) is 3.38. The number of carbonyl (C=O) groups excluding carboxylic acids is 3. The first-order valence-electron chi connectivity index (χ1n) is 10.00. The molecule has 0 spiro atoms. The lowest BCUT2D eigenvalue weighted by Crippen LogP contribution is -2.39. The number of anilines is 1. The molecule has 4 rings (SSSR count). The van der Waals surface area contributed by atoms with Crippen LogP contribution in [0.25, 0.3) is 0 Å². The molecule has 1 fully saturated rings. The lowest BCUT2D eigenvalue weighted by atomic mass is 10.1. The number of rotatable bonds is 5. The third-order valence-electron chi connectivity index (χ3n) is 5.52. The van der Waals surface area contributed by atoms with Crippen LogP contribution in [-0.2, 0) is 27.3 Å². The second kappa shape index (κ2) is 8.07. The second-order valence-electron chi connectivity index (χ2n) is 7.53. The second-order valence-corrected chi connectivity index (χ2v) is 7.53. The summed E-state index contributed by atoms with van der Waals surface area (Å²) >= 11 is 0. The molecule has 1 atom stereocenters. The van der Waals surface area contributed by atoms with Crippen LogP contribution >= 0.6 is 0 Å². The molecule has 2 amide bonds. The molecule has 0 saturated carbocycles. The van der Waals surface area contributed by atoms with Crippen molar-refractivity contribution in [3.05, 3.63) is 65.2 Å². The number of hydrogen-bond acceptors (Lipinski definition) is 4. The molecule has 0 aliphatic carbocycles. The van der Waals surface area contributed by atoms with Gasteiger partial charge >= 0.3 is 5.97 Å². The quantitative estimate of drug-likeness (QED) is 0.734. The van der Waals surface area contributed by atoms with Gasteiger partial charge in [-0.3, -0.25) is 9.59 Å². The largest absolute Gasteiger partial charge is 0.449 e. The van der Waals surface area contributed by atoms with E-state index in [1.165, 1.54) is 0 Å². The van der Waals surface area contributed by atoms with Crippen molar-refractivity contribution in [1.29, 1.82) is 0 Å². The van der Waals surface area contributed by atoms with Crippen molar-refractivity contribution < 1.29 is 19.1 Å². The number of amides is 2. The maximum absolute atomic E-state index is 12.8. The van der Waals surface area contributed by atoms with Crippen molar-refractivity contribution in [1.82, 2.24) is 4.90 Å². The monoisotopic (exact) mass is 392 g/mol. The smallest absolute Gasteiger partial charge is 0.338 e. The fraction of sp³-hybridized carbons (Fsp3) is 0.348. The van der Waals surface area contributed by atoms with Crippen molar-refractivity contribution in [2.24, 2.45) is 0 Å². The number of hydrogen-bond donors (Lipinski definition) is 0. The minimum absolute atomic E-state index is 0.171. The first kappa shape index (κ1) is 19.2. The Morgan fingerprint density at radius 1 is 1.03 bits per heavy atom. The van der Waals surface area contributed by atoms with Gasteiger partial charge in [0.05, 0.1) is 5.56 Å². The Labute approximate surface area is 170 Å². The Bertz CT molecular complexity index is 938. The van der Waals surface area contributed by atoms with Crippen molar-refractivity contribution in [2.75, 3.05) is 18.0 Å². The number of benzene rings is 2. The molecule has 2 aromatic rings. The van der Waals surface area contributed by atoms with Gasteiger partial charge < -0.3 is 14.5 Å². The summed E-state index contributed by atoms with van der Waals surface area (Å²) in [5.74, 6) is -0.570. The zero-order valence-electron chi connectivity index (χ0n) is 16.5. The SMILES string of the molecule is C[C@H](OC(=O)c1ccc(CN2CCCC2=O)cc1)C(=O)N1CCc2ccccc21. The summed E-state index contributed by atoms with van der Waals surface area (Å²) in [5, 5.41) is 0. The normalized spacial score (nSPS) is 16.7. The molecule has 2 aliphatic heterocycles. The van der Waals surface area contributed by atoms with E-state index in [0.717, 1.165) is 36.2 Å². The van der Waals surface area contributed by atoms with E-state index >= 15 is 0 Å². The van der Waals surface area contributed by atoms with Gasteiger partial charge in [0.1, 0.15) is 0 Å². The Balaban J connectivity index is 1.36. The molecule has 0 unspecified atom stereocenters. The van der Waals surface area contributed by atoms with Crippen molar-refractivity contribution in [2.45, 2.75) is 38.8 Å². The molecule has 6 heteroatoms. The van der Waals surface area contributed by atoms with Crippen LogP contribution in [0.1, 0.15) is 41.3 Å². The molecule has 29 heavy (non-hydrogen) atoms. The van der Waals surface area contributed by atoms with Crippen molar-refractivity contribution >= 4 is 23.5 Å². The molecule has 0 radical (unpaired) electrons. The Morgan fingerprint density at radius 3 is 2.52 bits per heavy atom. The predicted octanol–water partition coefficient (Wildman–Crippen LogP) is 2.94. The van der Waals surface area contributed by atoms with Crippen LogP contribution in [-0.4, -0.2) is 41.9 Å². The van der Waals surface area contributed by atoms with Crippen molar-refractivity contribution in [3.8, 4) is 0 Å². The summed E-state index contributed by atoms with van der Waals surface area (Å²) in [6, 6.07) is 14.8. The molecule has 0 N–H and O–H groups in total. The standard InChI is InChI=1S/C23H24N2O4/c1-16(22(27)25-14-12-18-5-2-3-6-20(18)25)29-23(28)19-10-8-17(9-11-19)15-24-13-4-7-21(24)26/h2-3,5-6,8-11,16H,4,7,12-15H2,1H3/t16-/m0/s1. The number of nitrogens with zero attached hydrogens (tertiary/aromatic N) is 2. The molecule has 2 aromatic carbocycles. The first-order valence-corrected chi connectivity index (χ1v) is 10.00. The summed E-state index contributed by atoms with van der Waals surface area (Å²) in [4.78, 5) is 40.5. The maximum atomic E-state index is 12.8. The molecule has 2 aliphatic rings. The highest BCUT2D eigenvalue weighted by atomic mass is 16.5. The third-order valence-corrected chi connectivity index (χ3v) is 5.52. The average Bonchev–Trinajstić information content (AvgIpc) is 3.34. The highest BCUT2D eigenvalue weighted by Crippen LogP contribution is 2.28. The van der Waals surface area contributed by atoms with Gasteiger partial charge in [-0.1, -0.05) is 30.3 Å². The first-order chi connectivity index (χ1) is 14.0. The molecular formula is C23H24N2O4. The van der Waals surface area contributed by atoms with E-state index in [9.17, 15) is 14.4 Å². The predicted molar refractivity (Wildman–Crippen MR) is 108 cm³/mol. The fourth-order valence-corrected chi connectivity index (χ4v) is 3.90. The van der Waals surface area contributed by atoms with Gasteiger partial charge in [-0.05, 0) is 49.1 Å². The van der Waals surface area contributed by atoms with E-state index in [2.05, 4.69) is 0 Å². The van der Waals surface area contributed by atoms with E-state index in [1.54, 1.807) is 24.0 Å². The van der Waals surface area contributed by atoms with Gasteiger partial charge in [0.2, 0.25) is 5.91 Å². The fourth-order valence-electron chi connectivity index (χ4n) is 3.90. The van der Waals surface area contributed by atoms with E-state index in [-0.39, 0.29) is 11.8 Å². The zero-order chi connectivity index (χ0) is 20.4. The van der Waals surface area contributed by atoms with Gasteiger partial charge in [0, 0.05) is 31.7 Å². The molecule has 0 aromatic heterocycles. The Hall–Kier alpha value is -3.15. The van der Waals surface area contributed by atoms with Gasteiger partial charge in [0.25, 0.3) is 5.91 Å². The van der Waals surface area contributed by atoms with E-state index < -0.39 is 12.1 Å². The number of carbonyl (C=O) groups is 3. The van der Waals surface area contributed by atoms with E-state index in [4.69, 9.17) is 4.74 Å². The van der Waals surface area contributed by atoms with Crippen LogP contribution in [0.4, 0.5) is 5.69 Å². The van der Waals surface area contributed by atoms with Gasteiger partial charge in [-0.15, -0.1) is 0 Å². The summed E-state index contributed by atoms with van der Waals surface area (Å²) in [6.45, 7) is 3.54. The molecule has 6 nitrogen and oxygen atoms in total. The Kier molecular flexibility index (Phi) is 5.34. The maximum Gasteiger partial charge on any atom is 0.338 e. The number of esters is 1. The van der Waals surface area contributed by atoms with Crippen LogP contribution < -0.4 is 4.90 Å². The van der Waals surface area contributed by atoms with Gasteiger partial charge in [0.15, 0.2) is 6.10 Å². The summed E-state index contributed by atoms with van der Waals surface area (Å²) < 4.78 is 5.42. The lowest BCUT2D eigenvalue weighted by Gasteiger charge is -2.21. The van der Waals surface area contributed by atoms with Crippen LogP contribution in [0.3, 0.4) is 0 Å². The number of para-hydroxylation sites is 1. The van der Waals surface area contributed by atoms with E-state index in [0.29, 0.717) is 25.1 Å². The molecule has 150 valence electrons. The number of fused-ring (bicyclic) bond motifs is 1. The topological polar surface area (TPSA) is 66.9 Å². The van der Waals surface area contributed by atoms with Gasteiger partial charge in [-0.25, -0.2) is 4.79 Å². The summed E-state index contributed by atoms with van der Waals surface area (Å²) in [7, 11) is 0. The minimum Gasteiger partial charge on any atom is -0.449 e. The molecule has 1 saturated heterocycles. The average molecular weight is 392 g/mol. The Morgan fingerprint density at radius 2 is 1.79 bits per heavy atom. The molecular weight excluding hydrogens is 368 g/mol. The lowest BCUT2D eigenvalue weighted by molar-refractivity contribution is -0.128. The van der Waals surface area contributed by atoms with Crippen LogP contribution in [0.5, 0.6) is 0 Å².